The number of anilines is 1. The van der Waals surface area contributed by atoms with Gasteiger partial charge < -0.3 is 16.0 Å². The smallest absolute Gasteiger partial charge is 0.251 e. The van der Waals surface area contributed by atoms with Gasteiger partial charge in [0.2, 0.25) is 5.91 Å². The van der Waals surface area contributed by atoms with Gasteiger partial charge in [-0.15, -0.1) is 0 Å². The maximum Gasteiger partial charge on any atom is 0.251 e. The van der Waals surface area contributed by atoms with Gasteiger partial charge in [-0.3, -0.25) is 9.59 Å². The van der Waals surface area contributed by atoms with E-state index in [9.17, 15) is 9.59 Å². The van der Waals surface area contributed by atoms with Crippen LogP contribution >= 0.6 is 0 Å². The number of piperidine rings is 1. The van der Waals surface area contributed by atoms with E-state index in [1.165, 1.54) is 0 Å². The van der Waals surface area contributed by atoms with Crippen LogP contribution in [0.15, 0.2) is 24.3 Å². The van der Waals surface area contributed by atoms with Gasteiger partial charge in [-0.2, -0.15) is 0 Å². The van der Waals surface area contributed by atoms with E-state index in [4.69, 9.17) is 0 Å². The van der Waals surface area contributed by atoms with Crippen molar-refractivity contribution >= 4 is 17.5 Å². The van der Waals surface area contributed by atoms with Crippen LogP contribution in [-0.2, 0) is 4.79 Å². The van der Waals surface area contributed by atoms with Crippen molar-refractivity contribution in [3.05, 3.63) is 29.8 Å². The Morgan fingerprint density at radius 3 is 2.90 bits per heavy atom. The van der Waals surface area contributed by atoms with Crippen LogP contribution in [0.2, 0.25) is 0 Å². The van der Waals surface area contributed by atoms with E-state index in [0.717, 1.165) is 32.2 Å². The fourth-order valence-electron chi connectivity index (χ4n) is 2.38. The van der Waals surface area contributed by atoms with Crippen molar-refractivity contribution in [1.82, 2.24) is 10.6 Å². The molecule has 1 atom stereocenters. The Hall–Kier alpha value is -1.88. The minimum atomic E-state index is -0.128. The van der Waals surface area contributed by atoms with E-state index in [-0.39, 0.29) is 17.9 Å². The lowest BCUT2D eigenvalue weighted by atomic mass is 10.0. The zero-order valence-electron chi connectivity index (χ0n) is 12.4. The Bertz CT molecular complexity index is 496. The van der Waals surface area contributed by atoms with Gasteiger partial charge in [-0.1, -0.05) is 19.4 Å². The highest BCUT2D eigenvalue weighted by molar-refractivity contribution is 5.98. The molecule has 114 valence electrons. The van der Waals surface area contributed by atoms with Gasteiger partial charge in [-0.25, -0.2) is 0 Å². The van der Waals surface area contributed by atoms with Crippen LogP contribution in [0.4, 0.5) is 5.69 Å². The number of benzene rings is 1. The summed E-state index contributed by atoms with van der Waals surface area (Å²) in [6, 6.07) is 6.92. The summed E-state index contributed by atoms with van der Waals surface area (Å²) in [5.74, 6) is -0.135. The molecule has 0 bridgehead atoms. The van der Waals surface area contributed by atoms with Gasteiger partial charge in [0.1, 0.15) is 0 Å². The van der Waals surface area contributed by atoms with Gasteiger partial charge in [0.15, 0.2) is 0 Å². The summed E-state index contributed by atoms with van der Waals surface area (Å²) < 4.78 is 0. The van der Waals surface area contributed by atoms with Gasteiger partial charge in [0.25, 0.3) is 5.91 Å². The molecule has 0 radical (unpaired) electrons. The number of carbonyl (C=O) groups excluding carboxylic acids is 2. The molecule has 2 rings (SSSR count). The third-order valence-corrected chi connectivity index (χ3v) is 3.55. The first-order valence-electron chi connectivity index (χ1n) is 7.63. The molecule has 1 aliphatic rings. The summed E-state index contributed by atoms with van der Waals surface area (Å²) in [5, 5.41) is 8.92. The second kappa shape index (κ2) is 7.78. The van der Waals surface area contributed by atoms with Gasteiger partial charge in [-0.05, 0) is 44.0 Å². The molecule has 5 heteroatoms. The SMILES string of the molecule is CCCNC(=O)c1cccc(NC(=O)C2CCCCN2)c1. The standard InChI is InChI=1S/C16H23N3O2/c1-2-9-18-15(20)12-6-5-7-13(11-12)19-16(21)14-8-3-4-10-17-14/h5-7,11,14,17H,2-4,8-10H2,1H3,(H,18,20)(H,19,21). The van der Waals surface area contributed by atoms with E-state index < -0.39 is 0 Å². The van der Waals surface area contributed by atoms with E-state index in [0.29, 0.717) is 17.8 Å². The molecular weight excluding hydrogens is 266 g/mol. The van der Waals surface area contributed by atoms with Crippen LogP contribution in [0.25, 0.3) is 0 Å². The van der Waals surface area contributed by atoms with Gasteiger partial charge in [0, 0.05) is 17.8 Å². The first-order chi connectivity index (χ1) is 10.2. The fraction of sp³-hybridized carbons (Fsp3) is 0.500. The zero-order valence-corrected chi connectivity index (χ0v) is 12.4. The van der Waals surface area contributed by atoms with E-state index in [2.05, 4.69) is 16.0 Å². The Morgan fingerprint density at radius 1 is 1.33 bits per heavy atom. The number of carbonyl (C=O) groups is 2. The summed E-state index contributed by atoms with van der Waals surface area (Å²) in [7, 11) is 0. The average molecular weight is 289 g/mol. The summed E-state index contributed by atoms with van der Waals surface area (Å²) in [6.07, 6.45) is 3.96. The third kappa shape index (κ3) is 4.56. The van der Waals surface area contributed by atoms with Crippen LogP contribution in [0.1, 0.15) is 43.0 Å². The Labute approximate surface area is 125 Å². The van der Waals surface area contributed by atoms with Crippen LogP contribution in [0.5, 0.6) is 0 Å². The molecule has 1 heterocycles. The zero-order chi connectivity index (χ0) is 15.1. The van der Waals surface area contributed by atoms with Gasteiger partial charge in [0.05, 0.1) is 6.04 Å². The maximum absolute atomic E-state index is 12.1. The van der Waals surface area contributed by atoms with Crippen molar-refractivity contribution < 1.29 is 9.59 Å². The molecular formula is C16H23N3O2. The van der Waals surface area contributed by atoms with E-state index in [1.54, 1.807) is 24.3 Å². The van der Waals surface area contributed by atoms with Crippen molar-refractivity contribution in [2.24, 2.45) is 0 Å². The van der Waals surface area contributed by atoms with Crippen LogP contribution in [-0.4, -0.2) is 30.9 Å². The van der Waals surface area contributed by atoms with Gasteiger partial charge >= 0.3 is 0 Å². The van der Waals surface area contributed by atoms with Crippen molar-refractivity contribution in [2.75, 3.05) is 18.4 Å². The lowest BCUT2D eigenvalue weighted by Gasteiger charge is -2.22. The molecule has 1 aromatic rings. The molecule has 0 spiro atoms. The van der Waals surface area contributed by atoms with Crippen molar-refractivity contribution in [3.63, 3.8) is 0 Å². The Morgan fingerprint density at radius 2 is 2.19 bits per heavy atom. The molecule has 2 amide bonds. The predicted octanol–water partition coefficient (Wildman–Crippen LogP) is 1.91. The topological polar surface area (TPSA) is 70.2 Å². The molecule has 3 N–H and O–H groups in total. The molecule has 1 aromatic carbocycles. The summed E-state index contributed by atoms with van der Waals surface area (Å²) in [5.41, 5.74) is 1.23. The minimum absolute atomic E-state index is 0.0270. The largest absolute Gasteiger partial charge is 0.352 e. The summed E-state index contributed by atoms with van der Waals surface area (Å²) in [6.45, 7) is 3.55. The lowest BCUT2D eigenvalue weighted by molar-refractivity contribution is -0.118. The average Bonchev–Trinajstić information content (AvgIpc) is 2.53. The van der Waals surface area contributed by atoms with Crippen molar-refractivity contribution in [3.8, 4) is 0 Å². The minimum Gasteiger partial charge on any atom is -0.352 e. The van der Waals surface area contributed by atoms with Crippen LogP contribution < -0.4 is 16.0 Å². The highest BCUT2D eigenvalue weighted by atomic mass is 16.2. The number of hydrogen-bond donors (Lipinski definition) is 3. The van der Waals surface area contributed by atoms with E-state index >= 15 is 0 Å². The number of rotatable bonds is 5. The molecule has 0 aromatic heterocycles. The molecule has 21 heavy (non-hydrogen) atoms. The van der Waals surface area contributed by atoms with Crippen LogP contribution in [0.3, 0.4) is 0 Å². The molecule has 1 aliphatic heterocycles. The van der Waals surface area contributed by atoms with E-state index in [1.807, 2.05) is 6.92 Å². The number of amides is 2. The highest BCUT2D eigenvalue weighted by Crippen LogP contribution is 2.13. The molecule has 0 saturated carbocycles. The van der Waals surface area contributed by atoms with Crippen molar-refractivity contribution in [1.29, 1.82) is 0 Å². The Balaban J connectivity index is 1.96. The second-order valence-electron chi connectivity index (χ2n) is 5.33. The Kier molecular flexibility index (Phi) is 5.75. The fourth-order valence-corrected chi connectivity index (χ4v) is 2.38. The molecule has 1 fully saturated rings. The molecule has 1 unspecified atom stereocenters. The second-order valence-corrected chi connectivity index (χ2v) is 5.33. The monoisotopic (exact) mass is 289 g/mol. The summed E-state index contributed by atoms with van der Waals surface area (Å²) >= 11 is 0. The molecule has 0 aliphatic carbocycles. The van der Waals surface area contributed by atoms with Crippen LogP contribution in [0, 0.1) is 0 Å². The highest BCUT2D eigenvalue weighted by Gasteiger charge is 2.20. The maximum atomic E-state index is 12.1. The molecule has 5 nitrogen and oxygen atoms in total. The first kappa shape index (κ1) is 15.5. The predicted molar refractivity (Wildman–Crippen MR) is 83.3 cm³/mol. The lowest BCUT2D eigenvalue weighted by Crippen LogP contribution is -2.43. The van der Waals surface area contributed by atoms with Crippen molar-refractivity contribution in [2.45, 2.75) is 38.6 Å². The third-order valence-electron chi connectivity index (χ3n) is 3.55. The normalized spacial score (nSPS) is 18.0. The summed E-state index contributed by atoms with van der Waals surface area (Å²) in [4.78, 5) is 24.1. The number of hydrogen-bond acceptors (Lipinski definition) is 3. The first-order valence-corrected chi connectivity index (χ1v) is 7.63. The number of nitrogens with one attached hydrogen (secondary N) is 3. The molecule has 1 saturated heterocycles. The quantitative estimate of drug-likeness (QED) is 0.775.